The molecule has 1 aromatic heterocycles. The zero-order chi connectivity index (χ0) is 8.39. The first-order valence-corrected chi connectivity index (χ1v) is 4.28. The van der Waals surface area contributed by atoms with Crippen LogP contribution in [0.25, 0.3) is 0 Å². The van der Waals surface area contributed by atoms with Crippen LogP contribution in [-0.2, 0) is 0 Å². The SMILES string of the molecule is O=c1cc(C2CCCCN2)o[nH]1. The van der Waals surface area contributed by atoms with Crippen LogP contribution < -0.4 is 10.9 Å². The Bertz CT molecular complexity index is 296. The second-order valence-electron chi connectivity index (χ2n) is 3.12. The molecule has 2 heterocycles. The van der Waals surface area contributed by atoms with Crippen LogP contribution in [0.1, 0.15) is 31.1 Å². The molecule has 0 bridgehead atoms. The molecule has 1 aliphatic rings. The first-order chi connectivity index (χ1) is 5.86. The van der Waals surface area contributed by atoms with E-state index < -0.39 is 0 Å². The molecule has 1 atom stereocenters. The number of hydrogen-bond donors (Lipinski definition) is 2. The summed E-state index contributed by atoms with van der Waals surface area (Å²) in [4.78, 5) is 10.8. The third-order valence-electron chi connectivity index (χ3n) is 2.20. The molecule has 66 valence electrons. The van der Waals surface area contributed by atoms with Gasteiger partial charge in [0.05, 0.1) is 6.04 Å². The lowest BCUT2D eigenvalue weighted by molar-refractivity contribution is 0.303. The first-order valence-electron chi connectivity index (χ1n) is 4.28. The van der Waals surface area contributed by atoms with Crippen LogP contribution in [0.15, 0.2) is 15.4 Å². The Morgan fingerprint density at radius 3 is 3.00 bits per heavy atom. The smallest absolute Gasteiger partial charge is 0.280 e. The molecule has 2 N–H and O–H groups in total. The van der Waals surface area contributed by atoms with Crippen LogP contribution in [0.4, 0.5) is 0 Å². The fourth-order valence-electron chi connectivity index (χ4n) is 1.56. The molecule has 12 heavy (non-hydrogen) atoms. The van der Waals surface area contributed by atoms with Crippen molar-refractivity contribution in [3.8, 4) is 0 Å². The molecule has 0 aromatic carbocycles. The Labute approximate surface area is 69.9 Å². The van der Waals surface area contributed by atoms with E-state index in [1.165, 1.54) is 18.9 Å². The number of hydrogen-bond acceptors (Lipinski definition) is 3. The zero-order valence-electron chi connectivity index (χ0n) is 6.80. The molecular formula is C8H12N2O2. The molecular weight excluding hydrogens is 156 g/mol. The molecule has 2 rings (SSSR count). The molecule has 4 heteroatoms. The van der Waals surface area contributed by atoms with E-state index in [9.17, 15) is 4.79 Å². The van der Waals surface area contributed by atoms with Gasteiger partial charge in [0.2, 0.25) is 0 Å². The molecule has 1 aliphatic heterocycles. The average Bonchev–Trinajstić information content (AvgIpc) is 2.54. The molecule has 0 radical (unpaired) electrons. The van der Waals surface area contributed by atoms with Crippen LogP contribution in [-0.4, -0.2) is 11.7 Å². The largest absolute Gasteiger partial charge is 0.382 e. The van der Waals surface area contributed by atoms with Crippen molar-refractivity contribution in [2.45, 2.75) is 25.3 Å². The van der Waals surface area contributed by atoms with Crippen LogP contribution >= 0.6 is 0 Å². The molecule has 4 nitrogen and oxygen atoms in total. The summed E-state index contributed by atoms with van der Waals surface area (Å²) >= 11 is 0. The van der Waals surface area contributed by atoms with E-state index in [1.807, 2.05) is 0 Å². The fourth-order valence-corrected chi connectivity index (χ4v) is 1.56. The lowest BCUT2D eigenvalue weighted by Gasteiger charge is -2.20. The maximum atomic E-state index is 10.8. The number of aromatic nitrogens is 1. The van der Waals surface area contributed by atoms with Gasteiger partial charge in [-0.1, -0.05) is 6.42 Å². The Balaban J connectivity index is 2.13. The van der Waals surface area contributed by atoms with Crippen LogP contribution in [0.5, 0.6) is 0 Å². The van der Waals surface area contributed by atoms with E-state index in [1.54, 1.807) is 0 Å². The summed E-state index contributed by atoms with van der Waals surface area (Å²) in [6, 6.07) is 1.75. The Morgan fingerprint density at radius 1 is 1.50 bits per heavy atom. The summed E-state index contributed by atoms with van der Waals surface area (Å²) < 4.78 is 5.00. The monoisotopic (exact) mass is 168 g/mol. The quantitative estimate of drug-likeness (QED) is 0.651. The van der Waals surface area contributed by atoms with Gasteiger partial charge >= 0.3 is 0 Å². The summed E-state index contributed by atoms with van der Waals surface area (Å²) in [5, 5.41) is 5.59. The van der Waals surface area contributed by atoms with E-state index >= 15 is 0 Å². The van der Waals surface area contributed by atoms with Crippen LogP contribution in [0, 0.1) is 0 Å². The van der Waals surface area contributed by atoms with Gasteiger partial charge in [0.1, 0.15) is 0 Å². The maximum absolute atomic E-state index is 10.8. The van der Waals surface area contributed by atoms with Gasteiger partial charge in [-0.05, 0) is 19.4 Å². The molecule has 1 saturated heterocycles. The van der Waals surface area contributed by atoms with Crippen molar-refractivity contribution >= 4 is 0 Å². The number of piperidine rings is 1. The van der Waals surface area contributed by atoms with E-state index in [4.69, 9.17) is 4.52 Å². The van der Waals surface area contributed by atoms with Crippen LogP contribution in [0.2, 0.25) is 0 Å². The number of H-pyrrole nitrogens is 1. The predicted molar refractivity (Wildman–Crippen MR) is 43.9 cm³/mol. The van der Waals surface area contributed by atoms with Crippen LogP contribution in [0.3, 0.4) is 0 Å². The fraction of sp³-hybridized carbons (Fsp3) is 0.625. The molecule has 1 unspecified atom stereocenters. The van der Waals surface area contributed by atoms with Crippen molar-refractivity contribution in [3.05, 3.63) is 22.2 Å². The Hall–Kier alpha value is -1.03. The van der Waals surface area contributed by atoms with E-state index in [2.05, 4.69) is 10.5 Å². The Morgan fingerprint density at radius 2 is 2.42 bits per heavy atom. The highest BCUT2D eigenvalue weighted by molar-refractivity contribution is 5.01. The second-order valence-corrected chi connectivity index (χ2v) is 3.12. The average molecular weight is 168 g/mol. The number of aromatic amines is 1. The minimum Gasteiger partial charge on any atom is -0.382 e. The van der Waals surface area contributed by atoms with Gasteiger partial charge in [-0.15, -0.1) is 0 Å². The van der Waals surface area contributed by atoms with Gasteiger partial charge in [-0.3, -0.25) is 4.79 Å². The normalized spacial score (nSPS) is 24.2. The highest BCUT2D eigenvalue weighted by Gasteiger charge is 2.17. The van der Waals surface area contributed by atoms with E-state index in [0.717, 1.165) is 18.7 Å². The van der Waals surface area contributed by atoms with Gasteiger partial charge in [0, 0.05) is 6.07 Å². The highest BCUT2D eigenvalue weighted by Crippen LogP contribution is 2.20. The molecule has 1 aromatic rings. The minimum absolute atomic E-state index is 0.155. The van der Waals surface area contributed by atoms with Crippen molar-refractivity contribution in [1.29, 1.82) is 0 Å². The van der Waals surface area contributed by atoms with E-state index in [-0.39, 0.29) is 11.6 Å². The topological polar surface area (TPSA) is 58.0 Å². The summed E-state index contributed by atoms with van der Waals surface area (Å²) in [6.45, 7) is 1.01. The van der Waals surface area contributed by atoms with Crippen molar-refractivity contribution in [2.24, 2.45) is 0 Å². The molecule has 0 aliphatic carbocycles. The third-order valence-corrected chi connectivity index (χ3v) is 2.20. The first kappa shape index (κ1) is 7.61. The predicted octanol–water partition coefficient (Wildman–Crippen LogP) is 0.782. The van der Waals surface area contributed by atoms with E-state index in [0.29, 0.717) is 0 Å². The number of rotatable bonds is 1. The molecule has 1 fully saturated rings. The second kappa shape index (κ2) is 3.15. The van der Waals surface area contributed by atoms with Crippen molar-refractivity contribution in [2.75, 3.05) is 6.54 Å². The molecule has 0 saturated carbocycles. The van der Waals surface area contributed by atoms with Crippen molar-refractivity contribution in [1.82, 2.24) is 10.5 Å². The molecule has 0 spiro atoms. The van der Waals surface area contributed by atoms with Gasteiger partial charge in [-0.25, -0.2) is 0 Å². The standard InChI is InChI=1S/C8H12N2O2/c11-8-5-7(12-10-8)6-3-1-2-4-9-6/h5-6,9H,1-4H2,(H,10,11). The summed E-state index contributed by atoms with van der Waals surface area (Å²) in [5.41, 5.74) is -0.155. The van der Waals surface area contributed by atoms with Gasteiger partial charge in [0.15, 0.2) is 5.76 Å². The number of nitrogens with one attached hydrogen (secondary N) is 2. The summed E-state index contributed by atoms with van der Waals surface area (Å²) in [5.74, 6) is 0.736. The molecule has 0 amide bonds. The zero-order valence-corrected chi connectivity index (χ0v) is 6.80. The van der Waals surface area contributed by atoms with Gasteiger partial charge < -0.3 is 9.84 Å². The maximum Gasteiger partial charge on any atom is 0.280 e. The summed E-state index contributed by atoms with van der Waals surface area (Å²) in [6.07, 6.45) is 3.47. The lowest BCUT2D eigenvalue weighted by Crippen LogP contribution is -2.26. The van der Waals surface area contributed by atoms with Gasteiger partial charge in [0.25, 0.3) is 5.56 Å². The van der Waals surface area contributed by atoms with Crippen molar-refractivity contribution in [3.63, 3.8) is 0 Å². The highest BCUT2D eigenvalue weighted by atomic mass is 16.5. The summed E-state index contributed by atoms with van der Waals surface area (Å²) in [7, 11) is 0. The lowest BCUT2D eigenvalue weighted by atomic mass is 10.0. The minimum atomic E-state index is -0.155. The van der Waals surface area contributed by atoms with Crippen molar-refractivity contribution < 1.29 is 4.52 Å². The third kappa shape index (κ3) is 1.43. The Kier molecular flexibility index (Phi) is 1.99. The van der Waals surface area contributed by atoms with Gasteiger partial charge in [-0.2, -0.15) is 5.16 Å².